The molecule has 0 fully saturated rings. The van der Waals surface area contributed by atoms with Crippen molar-refractivity contribution in [1.29, 1.82) is 0 Å². The van der Waals surface area contributed by atoms with Gasteiger partial charge < -0.3 is 29.3 Å². The van der Waals surface area contributed by atoms with Gasteiger partial charge in [0.25, 0.3) is 0 Å². The number of halogens is 4. The van der Waals surface area contributed by atoms with E-state index in [2.05, 4.69) is 37.3 Å². The number of methoxy groups -OCH3 is 1. The maximum Gasteiger partial charge on any atom is 0.420 e. The SMILES string of the molecule is COC(=O)c1nc(N(C)c2cc(C(F)(F)F)c(Nc3nc4ccccc4s3)nn2)sc1CCCOc1ccc(C#CCN(C)C(=O)OC(C)(C)C)cc1F. The van der Waals surface area contributed by atoms with E-state index in [4.69, 9.17) is 14.2 Å². The number of aryl methyl sites for hydroxylation is 1. The van der Waals surface area contributed by atoms with Crippen LogP contribution in [0.4, 0.5) is 44.3 Å². The first-order valence-electron chi connectivity index (χ1n) is 16.3. The molecular formula is C36H35F4N7O5S2. The average molecular weight is 786 g/mol. The van der Waals surface area contributed by atoms with E-state index in [9.17, 15) is 27.2 Å². The van der Waals surface area contributed by atoms with Crippen molar-refractivity contribution in [3.05, 3.63) is 76.0 Å². The summed E-state index contributed by atoms with van der Waals surface area (Å²) in [6.07, 6.45) is -4.72. The summed E-state index contributed by atoms with van der Waals surface area (Å²) >= 11 is 2.23. The lowest BCUT2D eigenvalue weighted by Crippen LogP contribution is -2.34. The Bertz CT molecular complexity index is 2180. The summed E-state index contributed by atoms with van der Waals surface area (Å²) in [6, 6.07) is 12.2. The largest absolute Gasteiger partial charge is 0.491 e. The molecule has 2 aromatic carbocycles. The van der Waals surface area contributed by atoms with E-state index in [-0.39, 0.29) is 47.1 Å². The first-order valence-corrected chi connectivity index (χ1v) is 17.9. The van der Waals surface area contributed by atoms with Gasteiger partial charge in [-0.15, -0.1) is 21.5 Å². The third kappa shape index (κ3) is 10.1. The molecule has 1 N–H and O–H groups in total. The quantitative estimate of drug-likeness (QED) is 0.0601. The van der Waals surface area contributed by atoms with Crippen LogP contribution in [0, 0.1) is 17.7 Å². The lowest BCUT2D eigenvalue weighted by molar-refractivity contribution is -0.137. The van der Waals surface area contributed by atoms with Crippen molar-refractivity contribution in [3.8, 4) is 17.6 Å². The third-order valence-corrected chi connectivity index (χ3v) is 9.44. The molecule has 0 aliphatic carbocycles. The molecule has 18 heteroatoms. The number of para-hydroxylation sites is 1. The predicted octanol–water partition coefficient (Wildman–Crippen LogP) is 8.23. The second kappa shape index (κ2) is 16.6. The van der Waals surface area contributed by atoms with Gasteiger partial charge in [0, 0.05) is 24.5 Å². The molecule has 0 aliphatic rings. The van der Waals surface area contributed by atoms with Crippen molar-refractivity contribution in [1.82, 2.24) is 25.1 Å². The summed E-state index contributed by atoms with van der Waals surface area (Å²) in [5.74, 6) is 3.54. The number of fused-ring (bicyclic) bond motifs is 1. The zero-order valence-electron chi connectivity index (χ0n) is 30.0. The smallest absolute Gasteiger partial charge is 0.420 e. The van der Waals surface area contributed by atoms with Crippen LogP contribution < -0.4 is 15.0 Å². The van der Waals surface area contributed by atoms with Crippen molar-refractivity contribution < 1.29 is 41.4 Å². The number of carbonyl (C=O) groups excluding carboxylic acids is 2. The molecule has 5 rings (SSSR count). The second-order valence-electron chi connectivity index (χ2n) is 12.6. The highest BCUT2D eigenvalue weighted by Crippen LogP contribution is 2.39. The van der Waals surface area contributed by atoms with Gasteiger partial charge in [0.2, 0.25) is 0 Å². The monoisotopic (exact) mass is 785 g/mol. The van der Waals surface area contributed by atoms with Crippen LogP contribution in [0.2, 0.25) is 0 Å². The Morgan fingerprint density at radius 3 is 2.44 bits per heavy atom. The summed E-state index contributed by atoms with van der Waals surface area (Å²) in [6.45, 7) is 5.42. The number of ether oxygens (including phenoxy) is 3. The van der Waals surface area contributed by atoms with Crippen molar-refractivity contribution in [2.24, 2.45) is 0 Å². The van der Waals surface area contributed by atoms with Crippen LogP contribution in [0.3, 0.4) is 0 Å². The molecule has 0 bridgehead atoms. The van der Waals surface area contributed by atoms with Crippen LogP contribution in [0.5, 0.6) is 5.75 Å². The van der Waals surface area contributed by atoms with E-state index < -0.39 is 41.0 Å². The summed E-state index contributed by atoms with van der Waals surface area (Å²) in [7, 11) is 4.19. The summed E-state index contributed by atoms with van der Waals surface area (Å²) < 4.78 is 74.1. The van der Waals surface area contributed by atoms with Crippen LogP contribution in [-0.2, 0) is 22.1 Å². The van der Waals surface area contributed by atoms with Gasteiger partial charge in [-0.3, -0.25) is 0 Å². The number of alkyl halides is 3. The summed E-state index contributed by atoms with van der Waals surface area (Å²) in [4.78, 5) is 36.4. The number of hydrogen-bond donors (Lipinski definition) is 1. The number of carbonyl (C=O) groups is 2. The van der Waals surface area contributed by atoms with Gasteiger partial charge in [-0.25, -0.2) is 23.9 Å². The van der Waals surface area contributed by atoms with Gasteiger partial charge in [0.05, 0.1) is 30.5 Å². The number of rotatable bonds is 11. The van der Waals surface area contributed by atoms with E-state index in [1.807, 2.05) is 0 Å². The van der Waals surface area contributed by atoms with Gasteiger partial charge in [0.15, 0.2) is 39.2 Å². The molecule has 0 spiro atoms. The molecule has 0 saturated heterocycles. The minimum Gasteiger partial charge on any atom is -0.491 e. The highest BCUT2D eigenvalue weighted by Gasteiger charge is 2.36. The van der Waals surface area contributed by atoms with Gasteiger partial charge in [0.1, 0.15) is 11.2 Å². The van der Waals surface area contributed by atoms with E-state index >= 15 is 0 Å². The highest BCUT2D eigenvalue weighted by atomic mass is 32.1. The molecule has 3 aromatic heterocycles. The van der Waals surface area contributed by atoms with Crippen molar-refractivity contribution in [2.75, 3.05) is 44.6 Å². The minimum atomic E-state index is -4.79. The molecule has 12 nitrogen and oxygen atoms in total. The number of nitrogens with one attached hydrogen (secondary N) is 1. The van der Waals surface area contributed by atoms with Crippen molar-refractivity contribution >= 4 is 66.9 Å². The average Bonchev–Trinajstić information content (AvgIpc) is 3.73. The fraction of sp³-hybridized carbons (Fsp3) is 0.333. The van der Waals surface area contributed by atoms with E-state index in [1.54, 1.807) is 58.2 Å². The number of hydrogen-bond acceptors (Lipinski definition) is 13. The van der Waals surface area contributed by atoms with Gasteiger partial charge in [-0.2, -0.15) is 13.2 Å². The Balaban J connectivity index is 1.23. The first kappa shape index (κ1) is 39.7. The maximum absolute atomic E-state index is 14.8. The third-order valence-electron chi connectivity index (χ3n) is 7.29. The zero-order chi connectivity index (χ0) is 39.2. The molecule has 0 saturated carbocycles. The van der Waals surface area contributed by atoms with Crippen molar-refractivity contribution in [2.45, 2.75) is 45.4 Å². The maximum atomic E-state index is 14.8. The van der Waals surface area contributed by atoms with Crippen LogP contribution in [0.25, 0.3) is 10.2 Å². The number of amides is 1. The van der Waals surface area contributed by atoms with Crippen LogP contribution in [-0.4, -0.2) is 77.1 Å². The van der Waals surface area contributed by atoms with Gasteiger partial charge in [-0.05, 0) is 70.0 Å². The van der Waals surface area contributed by atoms with Crippen LogP contribution in [0.1, 0.15) is 53.7 Å². The summed E-state index contributed by atoms with van der Waals surface area (Å²) in [5, 5.41) is 10.9. The number of anilines is 4. The molecule has 3 heterocycles. The number of benzene rings is 2. The molecule has 0 atom stereocenters. The van der Waals surface area contributed by atoms with Crippen LogP contribution in [0.15, 0.2) is 48.5 Å². The normalized spacial score (nSPS) is 11.4. The number of thiazole rings is 2. The Hall–Kier alpha value is -5.54. The molecule has 0 unspecified atom stereocenters. The summed E-state index contributed by atoms with van der Waals surface area (Å²) in [5.41, 5.74) is -0.724. The molecular weight excluding hydrogens is 751 g/mol. The lowest BCUT2D eigenvalue weighted by atomic mass is 10.2. The Morgan fingerprint density at radius 1 is 1.00 bits per heavy atom. The van der Waals surface area contributed by atoms with Gasteiger partial charge in [-0.1, -0.05) is 35.3 Å². The van der Waals surface area contributed by atoms with E-state index in [0.717, 1.165) is 22.1 Å². The van der Waals surface area contributed by atoms with Gasteiger partial charge >= 0.3 is 18.2 Å². The standard InChI is InChI=1S/C36H35F4N7O5S2/c1-35(2,3)52-34(49)46(4)17-9-11-21-15-16-25(23(37)19-21)51-18-10-14-27-29(31(48)50-6)42-33(54-27)47(5)28-20-22(36(38,39)40)30(45-44-28)43-32-41-24-12-7-8-13-26(24)53-32/h7-8,12-13,15-16,19-20H,10,14,17-18H2,1-6H3,(H,41,43,45). The Morgan fingerprint density at radius 2 is 1.76 bits per heavy atom. The van der Waals surface area contributed by atoms with E-state index in [0.29, 0.717) is 22.4 Å². The first-order chi connectivity index (χ1) is 25.5. The topological polar surface area (TPSA) is 132 Å². The van der Waals surface area contributed by atoms with E-state index in [1.165, 1.54) is 47.4 Å². The predicted molar refractivity (Wildman–Crippen MR) is 197 cm³/mol. The molecule has 5 aromatic rings. The highest BCUT2D eigenvalue weighted by molar-refractivity contribution is 7.22. The fourth-order valence-corrected chi connectivity index (χ4v) is 6.59. The lowest BCUT2D eigenvalue weighted by Gasteiger charge is -2.23. The number of nitrogens with zero attached hydrogens (tertiary/aromatic N) is 6. The number of aromatic nitrogens is 4. The second-order valence-corrected chi connectivity index (χ2v) is 14.7. The van der Waals surface area contributed by atoms with Crippen molar-refractivity contribution in [3.63, 3.8) is 0 Å². The Labute approximate surface area is 316 Å². The molecule has 0 aliphatic heterocycles. The van der Waals surface area contributed by atoms with Crippen LogP contribution >= 0.6 is 22.7 Å². The Kier molecular flexibility index (Phi) is 12.2. The molecule has 54 heavy (non-hydrogen) atoms. The molecule has 1 amide bonds. The minimum absolute atomic E-state index is 0.00976. The zero-order valence-corrected chi connectivity index (χ0v) is 31.6. The molecule has 0 radical (unpaired) electrons. The molecule has 284 valence electrons. The number of esters is 1. The fourth-order valence-electron chi connectivity index (χ4n) is 4.66.